The van der Waals surface area contributed by atoms with Crippen molar-refractivity contribution in [2.45, 2.75) is 25.7 Å². The maximum Gasteiger partial charge on any atom is 0.309 e. The molecule has 0 fully saturated rings. The van der Waals surface area contributed by atoms with Gasteiger partial charge in [-0.2, -0.15) is 0 Å². The number of carbonyl (C=O) groups excluding carboxylic acids is 3. The largest absolute Gasteiger partial charge is 0.469 e. The number of allylic oxidation sites excluding steroid dienone is 2. The fourth-order valence-corrected chi connectivity index (χ4v) is 2.81. The monoisotopic (exact) mass is 252 g/mol. The topological polar surface area (TPSA) is 69.7 Å². The van der Waals surface area contributed by atoms with Crippen molar-refractivity contribution in [3.8, 4) is 0 Å². The molecule has 0 N–H and O–H groups in total. The van der Waals surface area contributed by atoms with Gasteiger partial charge in [0, 0.05) is 6.42 Å². The minimum Gasteiger partial charge on any atom is -0.469 e. The van der Waals surface area contributed by atoms with E-state index in [-0.39, 0.29) is 5.78 Å². The first-order valence-electron chi connectivity index (χ1n) is 5.98. The number of esters is 2. The summed E-state index contributed by atoms with van der Waals surface area (Å²) in [5.74, 6) is -1.87. The van der Waals surface area contributed by atoms with Gasteiger partial charge in [0.1, 0.15) is 0 Å². The Morgan fingerprint density at radius 3 is 2.11 bits per heavy atom. The van der Waals surface area contributed by atoms with Crippen molar-refractivity contribution < 1.29 is 23.9 Å². The van der Waals surface area contributed by atoms with E-state index in [1.807, 2.05) is 0 Å². The summed E-state index contributed by atoms with van der Waals surface area (Å²) in [4.78, 5) is 35.1. The van der Waals surface area contributed by atoms with E-state index in [0.29, 0.717) is 25.7 Å². The van der Waals surface area contributed by atoms with Crippen LogP contribution in [0.5, 0.6) is 0 Å². The number of hydrogen-bond donors (Lipinski definition) is 0. The Morgan fingerprint density at radius 2 is 1.56 bits per heavy atom. The van der Waals surface area contributed by atoms with Crippen LogP contribution in [-0.2, 0) is 23.9 Å². The highest BCUT2D eigenvalue weighted by Crippen LogP contribution is 2.41. The average Bonchev–Trinajstić information content (AvgIpc) is 2.76. The summed E-state index contributed by atoms with van der Waals surface area (Å²) in [6, 6.07) is 0. The lowest BCUT2D eigenvalue weighted by Crippen LogP contribution is -2.35. The summed E-state index contributed by atoms with van der Waals surface area (Å²) >= 11 is 0. The van der Waals surface area contributed by atoms with E-state index in [1.54, 1.807) is 0 Å². The van der Waals surface area contributed by atoms with Crippen LogP contribution in [0.15, 0.2) is 11.1 Å². The van der Waals surface area contributed by atoms with Crippen molar-refractivity contribution in [1.29, 1.82) is 0 Å². The van der Waals surface area contributed by atoms with Crippen LogP contribution in [0.1, 0.15) is 25.7 Å². The molecule has 0 saturated heterocycles. The second-order valence-corrected chi connectivity index (χ2v) is 4.67. The molecule has 2 aliphatic carbocycles. The smallest absolute Gasteiger partial charge is 0.309 e. The fraction of sp³-hybridized carbons (Fsp3) is 0.615. The molecule has 0 amide bonds. The van der Waals surface area contributed by atoms with Crippen LogP contribution in [0, 0.1) is 11.8 Å². The summed E-state index contributed by atoms with van der Waals surface area (Å²) in [5, 5.41) is 0. The first kappa shape index (κ1) is 12.8. The number of ether oxygens (including phenoxy) is 2. The number of methoxy groups -OCH3 is 2. The molecular weight excluding hydrogens is 236 g/mol. The standard InChI is InChI=1S/C13H16O5/c1-17-12(15)9-5-7-3-4-11(14)8(7)6-10(9)13(16)18-2/h9-10H,3-6H2,1-2H3/t9-,10+/m1/s1. The first-order valence-corrected chi connectivity index (χ1v) is 5.98. The van der Waals surface area contributed by atoms with E-state index in [0.717, 1.165) is 11.1 Å². The Morgan fingerprint density at radius 1 is 1.00 bits per heavy atom. The van der Waals surface area contributed by atoms with Gasteiger partial charge < -0.3 is 9.47 Å². The zero-order chi connectivity index (χ0) is 13.3. The van der Waals surface area contributed by atoms with Crippen LogP contribution in [0.4, 0.5) is 0 Å². The Hall–Kier alpha value is -1.65. The highest BCUT2D eigenvalue weighted by molar-refractivity contribution is 6.00. The van der Waals surface area contributed by atoms with Gasteiger partial charge in [-0.15, -0.1) is 0 Å². The third-order valence-corrected chi connectivity index (χ3v) is 3.80. The maximum atomic E-state index is 11.7. The molecule has 0 spiro atoms. The van der Waals surface area contributed by atoms with Gasteiger partial charge in [-0.3, -0.25) is 14.4 Å². The van der Waals surface area contributed by atoms with Gasteiger partial charge in [0.25, 0.3) is 0 Å². The summed E-state index contributed by atoms with van der Waals surface area (Å²) in [6.45, 7) is 0. The highest BCUT2D eigenvalue weighted by atomic mass is 16.5. The summed E-state index contributed by atoms with van der Waals surface area (Å²) < 4.78 is 9.45. The van der Waals surface area contributed by atoms with Gasteiger partial charge in [0.2, 0.25) is 0 Å². The zero-order valence-electron chi connectivity index (χ0n) is 10.5. The number of Topliss-reactive ketones (excluding diaryl/α,β-unsaturated/α-hetero) is 1. The van der Waals surface area contributed by atoms with E-state index in [4.69, 9.17) is 9.47 Å². The number of carbonyl (C=O) groups is 3. The molecule has 0 heterocycles. The molecule has 98 valence electrons. The van der Waals surface area contributed by atoms with E-state index < -0.39 is 23.8 Å². The molecule has 2 atom stereocenters. The second-order valence-electron chi connectivity index (χ2n) is 4.67. The van der Waals surface area contributed by atoms with Crippen molar-refractivity contribution in [2.75, 3.05) is 14.2 Å². The SMILES string of the molecule is COC(=O)[C@H]1CC2=C(CCC2=O)C[C@H]1C(=O)OC. The third-order valence-electron chi connectivity index (χ3n) is 3.80. The third kappa shape index (κ3) is 2.05. The van der Waals surface area contributed by atoms with E-state index in [1.165, 1.54) is 14.2 Å². The Labute approximate surface area is 105 Å². The van der Waals surface area contributed by atoms with E-state index >= 15 is 0 Å². The predicted octanol–water partition coefficient (Wildman–Crippen LogP) is 1.02. The normalized spacial score (nSPS) is 26.9. The van der Waals surface area contributed by atoms with E-state index in [2.05, 4.69) is 0 Å². The molecule has 0 radical (unpaired) electrons. The number of hydrogen-bond acceptors (Lipinski definition) is 5. The molecule has 5 heteroatoms. The van der Waals surface area contributed by atoms with E-state index in [9.17, 15) is 14.4 Å². The molecule has 0 unspecified atom stereocenters. The number of rotatable bonds is 2. The van der Waals surface area contributed by atoms with Crippen molar-refractivity contribution in [3.05, 3.63) is 11.1 Å². The Balaban J connectivity index is 2.29. The van der Waals surface area contributed by atoms with Gasteiger partial charge in [-0.1, -0.05) is 5.57 Å². The zero-order valence-corrected chi connectivity index (χ0v) is 10.5. The second kappa shape index (κ2) is 4.92. The average molecular weight is 252 g/mol. The van der Waals surface area contributed by atoms with Crippen LogP contribution >= 0.6 is 0 Å². The molecule has 0 bridgehead atoms. The molecular formula is C13H16O5. The lowest BCUT2D eigenvalue weighted by Gasteiger charge is -2.28. The van der Waals surface area contributed by atoms with Crippen LogP contribution in [0.25, 0.3) is 0 Å². The van der Waals surface area contributed by atoms with Crippen LogP contribution in [-0.4, -0.2) is 31.9 Å². The molecule has 0 aliphatic heterocycles. The summed E-state index contributed by atoms with van der Waals surface area (Å²) in [6.07, 6.45) is 1.94. The Bertz CT molecular complexity index is 435. The quantitative estimate of drug-likeness (QED) is 0.686. The molecule has 5 nitrogen and oxygen atoms in total. The Kier molecular flexibility index (Phi) is 3.50. The highest BCUT2D eigenvalue weighted by Gasteiger charge is 2.43. The molecule has 0 aromatic heterocycles. The molecule has 0 aromatic carbocycles. The van der Waals surface area contributed by atoms with Gasteiger partial charge in [-0.05, 0) is 24.8 Å². The number of ketones is 1. The van der Waals surface area contributed by atoms with Gasteiger partial charge in [-0.25, -0.2) is 0 Å². The van der Waals surface area contributed by atoms with Crippen molar-refractivity contribution in [3.63, 3.8) is 0 Å². The maximum absolute atomic E-state index is 11.7. The molecule has 18 heavy (non-hydrogen) atoms. The minimum atomic E-state index is -0.594. The van der Waals surface area contributed by atoms with Crippen LogP contribution < -0.4 is 0 Å². The minimum absolute atomic E-state index is 0.0993. The lowest BCUT2D eigenvalue weighted by molar-refractivity contribution is -0.158. The van der Waals surface area contributed by atoms with Gasteiger partial charge >= 0.3 is 11.9 Å². The van der Waals surface area contributed by atoms with Gasteiger partial charge in [0.15, 0.2) is 5.78 Å². The predicted molar refractivity (Wildman–Crippen MR) is 61.5 cm³/mol. The molecule has 2 aliphatic rings. The summed E-state index contributed by atoms with van der Waals surface area (Å²) in [5.41, 5.74) is 1.74. The van der Waals surface area contributed by atoms with Crippen molar-refractivity contribution >= 4 is 17.7 Å². The molecule has 0 saturated carbocycles. The van der Waals surface area contributed by atoms with Crippen molar-refractivity contribution in [2.24, 2.45) is 11.8 Å². The first-order chi connectivity index (χ1) is 8.58. The van der Waals surface area contributed by atoms with Gasteiger partial charge in [0.05, 0.1) is 26.1 Å². The van der Waals surface area contributed by atoms with Crippen LogP contribution in [0.2, 0.25) is 0 Å². The van der Waals surface area contributed by atoms with Crippen LogP contribution in [0.3, 0.4) is 0 Å². The summed E-state index contributed by atoms with van der Waals surface area (Å²) in [7, 11) is 2.59. The molecule has 2 rings (SSSR count). The van der Waals surface area contributed by atoms with Crippen molar-refractivity contribution in [1.82, 2.24) is 0 Å². The molecule has 0 aromatic rings. The fourth-order valence-electron chi connectivity index (χ4n) is 2.81. The lowest BCUT2D eigenvalue weighted by atomic mass is 9.76.